The second kappa shape index (κ2) is 9.80. The largest absolute Gasteiger partial charge is 0.330 e. The van der Waals surface area contributed by atoms with Crippen LogP contribution in [-0.2, 0) is 0 Å². The molecule has 2 nitrogen and oxygen atoms in total. The Hall–Kier alpha value is -0.0800. The van der Waals surface area contributed by atoms with Crippen LogP contribution in [0.15, 0.2) is 0 Å². The molecule has 2 atom stereocenters. The van der Waals surface area contributed by atoms with Crippen molar-refractivity contribution >= 4 is 0 Å². The van der Waals surface area contributed by atoms with Crippen molar-refractivity contribution in [3.63, 3.8) is 0 Å². The van der Waals surface area contributed by atoms with Crippen LogP contribution in [0.4, 0.5) is 0 Å². The van der Waals surface area contributed by atoms with E-state index >= 15 is 0 Å². The number of rotatable bonds is 8. The van der Waals surface area contributed by atoms with E-state index in [1.807, 2.05) is 0 Å². The first kappa shape index (κ1) is 16.0. The summed E-state index contributed by atoms with van der Waals surface area (Å²) in [5, 5.41) is 0. The molecule has 2 N–H and O–H groups in total. The van der Waals surface area contributed by atoms with Crippen LogP contribution in [-0.4, -0.2) is 30.6 Å². The van der Waals surface area contributed by atoms with Gasteiger partial charge in [0.25, 0.3) is 0 Å². The molecule has 1 aliphatic rings. The van der Waals surface area contributed by atoms with E-state index in [0.717, 1.165) is 18.5 Å². The first-order chi connectivity index (χ1) is 8.81. The van der Waals surface area contributed by atoms with Gasteiger partial charge in [-0.1, -0.05) is 33.1 Å². The second-order valence-corrected chi connectivity index (χ2v) is 5.94. The maximum Gasteiger partial charge on any atom is 0.00926 e. The lowest BCUT2D eigenvalue weighted by molar-refractivity contribution is 0.186. The Morgan fingerprint density at radius 3 is 2.67 bits per heavy atom. The lowest BCUT2D eigenvalue weighted by Crippen LogP contribution is -2.35. The standard InChI is InChI=1S/C16H34N2/c1-3-15(11-12-17)9-8-14-18-13-7-5-6-10-16(18)4-2/h15-16H,3-14,17H2,1-2H3. The Kier molecular flexibility index (Phi) is 8.70. The van der Waals surface area contributed by atoms with Crippen molar-refractivity contribution in [1.29, 1.82) is 0 Å². The Labute approximate surface area is 114 Å². The van der Waals surface area contributed by atoms with Gasteiger partial charge in [-0.3, -0.25) is 0 Å². The summed E-state index contributed by atoms with van der Waals surface area (Å²) in [6.07, 6.45) is 12.3. The molecule has 1 heterocycles. The first-order valence-electron chi connectivity index (χ1n) is 8.25. The third-order valence-electron chi connectivity index (χ3n) is 4.68. The Morgan fingerprint density at radius 1 is 1.17 bits per heavy atom. The molecule has 0 aliphatic carbocycles. The van der Waals surface area contributed by atoms with Crippen LogP contribution in [0.5, 0.6) is 0 Å². The molecule has 2 heteroatoms. The minimum absolute atomic E-state index is 0.861. The highest BCUT2D eigenvalue weighted by Gasteiger charge is 2.19. The van der Waals surface area contributed by atoms with Crippen molar-refractivity contribution in [2.24, 2.45) is 11.7 Å². The van der Waals surface area contributed by atoms with Gasteiger partial charge >= 0.3 is 0 Å². The monoisotopic (exact) mass is 254 g/mol. The Morgan fingerprint density at radius 2 is 2.00 bits per heavy atom. The summed E-state index contributed by atoms with van der Waals surface area (Å²) in [4.78, 5) is 2.77. The van der Waals surface area contributed by atoms with Gasteiger partial charge in [-0.15, -0.1) is 0 Å². The summed E-state index contributed by atoms with van der Waals surface area (Å²) in [6.45, 7) is 8.18. The van der Waals surface area contributed by atoms with E-state index in [1.54, 1.807) is 0 Å². The maximum absolute atomic E-state index is 5.67. The predicted octanol–water partition coefficient (Wildman–Crippen LogP) is 3.80. The van der Waals surface area contributed by atoms with E-state index in [9.17, 15) is 0 Å². The van der Waals surface area contributed by atoms with E-state index in [1.165, 1.54) is 70.9 Å². The molecule has 1 rings (SSSR count). The van der Waals surface area contributed by atoms with Crippen molar-refractivity contribution in [3.8, 4) is 0 Å². The Bertz CT molecular complexity index is 194. The van der Waals surface area contributed by atoms with E-state index in [0.29, 0.717) is 0 Å². The van der Waals surface area contributed by atoms with Gasteiger partial charge in [-0.2, -0.15) is 0 Å². The van der Waals surface area contributed by atoms with E-state index < -0.39 is 0 Å². The normalized spacial score (nSPS) is 23.8. The van der Waals surface area contributed by atoms with Gasteiger partial charge < -0.3 is 10.6 Å². The van der Waals surface area contributed by atoms with Crippen molar-refractivity contribution in [2.75, 3.05) is 19.6 Å². The molecule has 1 aliphatic heterocycles. The summed E-state index contributed by atoms with van der Waals surface area (Å²) in [5.74, 6) is 0.863. The summed E-state index contributed by atoms with van der Waals surface area (Å²) >= 11 is 0. The highest BCUT2D eigenvalue weighted by molar-refractivity contribution is 4.74. The number of nitrogens with two attached hydrogens (primary N) is 1. The zero-order chi connectivity index (χ0) is 13.2. The lowest BCUT2D eigenvalue weighted by atomic mass is 9.96. The molecule has 0 radical (unpaired) electrons. The first-order valence-corrected chi connectivity index (χ1v) is 8.25. The molecule has 0 saturated carbocycles. The smallest absolute Gasteiger partial charge is 0.00926 e. The van der Waals surface area contributed by atoms with Gasteiger partial charge in [0.1, 0.15) is 0 Å². The average Bonchev–Trinajstić information content (AvgIpc) is 2.62. The van der Waals surface area contributed by atoms with E-state index in [4.69, 9.17) is 5.73 Å². The van der Waals surface area contributed by atoms with Crippen molar-refractivity contribution in [2.45, 2.75) is 77.7 Å². The van der Waals surface area contributed by atoms with Crippen LogP contribution >= 0.6 is 0 Å². The van der Waals surface area contributed by atoms with Gasteiger partial charge in [0.15, 0.2) is 0 Å². The average molecular weight is 254 g/mol. The molecule has 0 amide bonds. The maximum atomic E-state index is 5.67. The van der Waals surface area contributed by atoms with Crippen LogP contribution in [0.2, 0.25) is 0 Å². The van der Waals surface area contributed by atoms with E-state index in [-0.39, 0.29) is 0 Å². The molecular formula is C16H34N2. The number of hydrogen-bond acceptors (Lipinski definition) is 2. The SMILES string of the molecule is CCC(CCN)CCCN1CCCCCC1CC. The fourth-order valence-corrected chi connectivity index (χ4v) is 3.36. The molecule has 2 unspecified atom stereocenters. The van der Waals surface area contributed by atoms with Crippen LogP contribution in [0.1, 0.15) is 71.6 Å². The third kappa shape index (κ3) is 5.71. The van der Waals surface area contributed by atoms with Crippen molar-refractivity contribution in [1.82, 2.24) is 4.90 Å². The minimum Gasteiger partial charge on any atom is -0.330 e. The summed E-state index contributed by atoms with van der Waals surface area (Å²) < 4.78 is 0. The molecule has 1 fully saturated rings. The molecule has 0 aromatic carbocycles. The van der Waals surface area contributed by atoms with Crippen LogP contribution in [0.3, 0.4) is 0 Å². The van der Waals surface area contributed by atoms with Crippen LogP contribution in [0.25, 0.3) is 0 Å². The van der Waals surface area contributed by atoms with Crippen molar-refractivity contribution < 1.29 is 0 Å². The topological polar surface area (TPSA) is 29.3 Å². The molecule has 108 valence electrons. The minimum atomic E-state index is 0.861. The number of likely N-dealkylation sites (tertiary alicyclic amines) is 1. The second-order valence-electron chi connectivity index (χ2n) is 5.94. The molecule has 0 bridgehead atoms. The lowest BCUT2D eigenvalue weighted by Gasteiger charge is -2.29. The summed E-state index contributed by atoms with van der Waals surface area (Å²) in [6, 6.07) is 0.863. The Balaban J connectivity index is 2.26. The third-order valence-corrected chi connectivity index (χ3v) is 4.68. The summed E-state index contributed by atoms with van der Waals surface area (Å²) in [7, 11) is 0. The van der Waals surface area contributed by atoms with Gasteiger partial charge in [0, 0.05) is 6.04 Å². The molecule has 18 heavy (non-hydrogen) atoms. The van der Waals surface area contributed by atoms with Gasteiger partial charge in [0.2, 0.25) is 0 Å². The highest BCUT2D eigenvalue weighted by atomic mass is 15.1. The summed E-state index contributed by atoms with van der Waals surface area (Å²) in [5.41, 5.74) is 5.67. The predicted molar refractivity (Wildman–Crippen MR) is 80.8 cm³/mol. The van der Waals surface area contributed by atoms with Crippen molar-refractivity contribution in [3.05, 3.63) is 0 Å². The molecular weight excluding hydrogens is 220 g/mol. The molecule has 0 spiro atoms. The zero-order valence-electron chi connectivity index (χ0n) is 12.7. The van der Waals surface area contributed by atoms with Crippen LogP contribution < -0.4 is 5.73 Å². The zero-order valence-corrected chi connectivity index (χ0v) is 12.7. The van der Waals surface area contributed by atoms with E-state index in [2.05, 4.69) is 18.7 Å². The quantitative estimate of drug-likeness (QED) is 0.714. The highest BCUT2D eigenvalue weighted by Crippen LogP contribution is 2.21. The number of nitrogens with zero attached hydrogens (tertiary/aromatic N) is 1. The fraction of sp³-hybridized carbons (Fsp3) is 1.00. The number of hydrogen-bond donors (Lipinski definition) is 1. The van der Waals surface area contributed by atoms with Crippen LogP contribution in [0, 0.1) is 5.92 Å². The van der Waals surface area contributed by atoms with Gasteiger partial charge in [-0.25, -0.2) is 0 Å². The fourth-order valence-electron chi connectivity index (χ4n) is 3.36. The van der Waals surface area contributed by atoms with Gasteiger partial charge in [0.05, 0.1) is 0 Å². The molecule has 1 saturated heterocycles. The van der Waals surface area contributed by atoms with Gasteiger partial charge in [-0.05, 0) is 64.1 Å². The molecule has 0 aromatic rings. The molecule has 0 aromatic heterocycles.